The first-order valence-electron chi connectivity index (χ1n) is 6.93. The largest absolute Gasteiger partial charge is 0.496 e. The summed E-state index contributed by atoms with van der Waals surface area (Å²) in [4.78, 5) is 6.19. The molecule has 1 aliphatic rings. The Hall–Kier alpha value is -1.98. The summed E-state index contributed by atoms with van der Waals surface area (Å²) in [5.74, 6) is 0.514. The number of rotatable bonds is 4. The second-order valence-electron chi connectivity index (χ2n) is 5.15. The summed E-state index contributed by atoms with van der Waals surface area (Å²) in [6.45, 7) is 1.73. The molecule has 0 radical (unpaired) electrons. The van der Waals surface area contributed by atoms with Crippen molar-refractivity contribution in [3.63, 3.8) is 0 Å². The first kappa shape index (κ1) is 14.0. The molecule has 110 valence electrons. The number of fused-ring (bicyclic) bond motifs is 1. The molecule has 0 bridgehead atoms. The van der Waals surface area contributed by atoms with Crippen LogP contribution in [-0.4, -0.2) is 23.5 Å². The summed E-state index contributed by atoms with van der Waals surface area (Å²) in [6, 6.07) is 6.94. The van der Waals surface area contributed by atoms with Crippen LogP contribution in [0.5, 0.6) is 5.75 Å². The second kappa shape index (κ2) is 5.79. The summed E-state index contributed by atoms with van der Waals surface area (Å²) in [7, 11) is 1.61. The van der Waals surface area contributed by atoms with Gasteiger partial charge in [0.15, 0.2) is 0 Å². The lowest BCUT2D eigenvalue weighted by Gasteiger charge is -2.23. The third-order valence-corrected chi connectivity index (χ3v) is 3.97. The Kier molecular flexibility index (Phi) is 3.86. The predicted octanol–water partition coefficient (Wildman–Crippen LogP) is 2.24. The van der Waals surface area contributed by atoms with E-state index >= 15 is 0 Å². The van der Waals surface area contributed by atoms with Gasteiger partial charge in [-0.1, -0.05) is 0 Å². The van der Waals surface area contributed by atoms with E-state index < -0.39 is 0 Å². The highest BCUT2D eigenvalue weighted by Gasteiger charge is 2.34. The van der Waals surface area contributed by atoms with Gasteiger partial charge in [0.05, 0.1) is 13.2 Å². The highest BCUT2D eigenvalue weighted by molar-refractivity contribution is 5.46. The molecule has 0 saturated carbocycles. The zero-order valence-corrected chi connectivity index (χ0v) is 11.9. The maximum atomic E-state index is 14.2. The van der Waals surface area contributed by atoms with Crippen LogP contribution in [0.4, 0.5) is 4.39 Å². The Labute approximate surface area is 123 Å². The van der Waals surface area contributed by atoms with E-state index in [1.54, 1.807) is 25.6 Å². The Morgan fingerprint density at radius 1 is 1.33 bits per heavy atom. The number of hydrogen-bond donors (Lipinski definition) is 1. The molecular formula is C16H18FN3O. The minimum absolute atomic E-state index is 0.122. The van der Waals surface area contributed by atoms with Crippen molar-refractivity contribution < 1.29 is 9.13 Å². The van der Waals surface area contributed by atoms with Gasteiger partial charge in [-0.15, -0.1) is 0 Å². The predicted molar refractivity (Wildman–Crippen MR) is 78.2 cm³/mol. The highest BCUT2D eigenvalue weighted by Crippen LogP contribution is 2.40. The standard InChI is InChI=1S/C16H18FN3O/c1-21-15-3-2-13(17)16-12(15)10-20(14(16)8-18)9-11-4-6-19-7-5-11/h2-7,14H,8-10,18H2,1H3. The number of aromatic nitrogens is 1. The van der Waals surface area contributed by atoms with Crippen molar-refractivity contribution in [2.45, 2.75) is 19.1 Å². The molecule has 1 unspecified atom stereocenters. The molecule has 2 heterocycles. The Balaban J connectivity index is 1.94. The molecule has 1 aliphatic heterocycles. The van der Waals surface area contributed by atoms with Crippen molar-refractivity contribution in [2.24, 2.45) is 5.73 Å². The van der Waals surface area contributed by atoms with Crippen LogP contribution < -0.4 is 10.5 Å². The lowest BCUT2D eigenvalue weighted by Crippen LogP contribution is -2.28. The SMILES string of the molecule is COc1ccc(F)c2c1CN(Cc1ccncc1)C2CN. The molecule has 0 spiro atoms. The number of nitrogens with zero attached hydrogens (tertiary/aromatic N) is 2. The molecule has 1 aromatic carbocycles. The molecule has 3 rings (SSSR count). The maximum Gasteiger partial charge on any atom is 0.128 e. The Morgan fingerprint density at radius 3 is 2.76 bits per heavy atom. The average Bonchev–Trinajstić information content (AvgIpc) is 2.88. The summed E-state index contributed by atoms with van der Waals surface area (Å²) in [5, 5.41) is 0. The van der Waals surface area contributed by atoms with Crippen molar-refractivity contribution in [1.29, 1.82) is 0 Å². The minimum Gasteiger partial charge on any atom is -0.496 e. The van der Waals surface area contributed by atoms with Gasteiger partial charge >= 0.3 is 0 Å². The van der Waals surface area contributed by atoms with E-state index in [1.807, 2.05) is 12.1 Å². The number of methoxy groups -OCH3 is 1. The van der Waals surface area contributed by atoms with E-state index in [0.29, 0.717) is 25.2 Å². The summed E-state index contributed by atoms with van der Waals surface area (Å²) >= 11 is 0. The van der Waals surface area contributed by atoms with E-state index in [0.717, 1.165) is 16.9 Å². The van der Waals surface area contributed by atoms with E-state index in [1.165, 1.54) is 6.07 Å². The smallest absolute Gasteiger partial charge is 0.128 e. The maximum absolute atomic E-state index is 14.2. The van der Waals surface area contributed by atoms with E-state index in [9.17, 15) is 4.39 Å². The van der Waals surface area contributed by atoms with Crippen LogP contribution >= 0.6 is 0 Å². The quantitative estimate of drug-likeness (QED) is 0.937. The van der Waals surface area contributed by atoms with Crippen LogP contribution in [0.25, 0.3) is 0 Å². The molecule has 4 nitrogen and oxygen atoms in total. The van der Waals surface area contributed by atoms with Crippen molar-refractivity contribution in [1.82, 2.24) is 9.88 Å². The second-order valence-corrected chi connectivity index (χ2v) is 5.15. The summed E-state index contributed by atoms with van der Waals surface area (Å²) in [5.41, 5.74) is 8.60. The number of ether oxygens (including phenoxy) is 1. The van der Waals surface area contributed by atoms with Gasteiger partial charge in [0.1, 0.15) is 11.6 Å². The zero-order valence-electron chi connectivity index (χ0n) is 11.9. The third-order valence-electron chi connectivity index (χ3n) is 3.97. The van der Waals surface area contributed by atoms with Gasteiger partial charge in [-0.25, -0.2) is 4.39 Å². The first-order valence-corrected chi connectivity index (χ1v) is 6.93. The van der Waals surface area contributed by atoms with Gasteiger partial charge in [-0.2, -0.15) is 0 Å². The molecule has 1 atom stereocenters. The van der Waals surface area contributed by atoms with Gasteiger partial charge in [0.2, 0.25) is 0 Å². The minimum atomic E-state index is -0.210. The fraction of sp³-hybridized carbons (Fsp3) is 0.312. The molecule has 2 aromatic rings. The van der Waals surface area contributed by atoms with Crippen LogP contribution in [-0.2, 0) is 13.1 Å². The third kappa shape index (κ3) is 2.50. The van der Waals surface area contributed by atoms with Gasteiger partial charge in [-0.3, -0.25) is 9.88 Å². The molecule has 0 amide bonds. The van der Waals surface area contributed by atoms with Crippen LogP contribution in [0.15, 0.2) is 36.7 Å². The Morgan fingerprint density at radius 2 is 2.10 bits per heavy atom. The zero-order chi connectivity index (χ0) is 14.8. The normalized spacial score (nSPS) is 17.8. The number of benzene rings is 1. The van der Waals surface area contributed by atoms with Gasteiger partial charge < -0.3 is 10.5 Å². The lowest BCUT2D eigenvalue weighted by atomic mass is 10.0. The summed E-state index contributed by atoms with van der Waals surface area (Å²) < 4.78 is 19.6. The molecule has 0 saturated heterocycles. The fourth-order valence-corrected chi connectivity index (χ4v) is 2.98. The van der Waals surface area contributed by atoms with Crippen molar-refractivity contribution >= 4 is 0 Å². The number of pyridine rings is 1. The van der Waals surface area contributed by atoms with Crippen LogP contribution in [0.3, 0.4) is 0 Å². The molecule has 1 aromatic heterocycles. The Bertz CT molecular complexity index is 633. The van der Waals surface area contributed by atoms with Crippen LogP contribution in [0.1, 0.15) is 22.7 Å². The molecule has 21 heavy (non-hydrogen) atoms. The molecule has 0 fully saturated rings. The van der Waals surface area contributed by atoms with Gasteiger partial charge in [0, 0.05) is 43.2 Å². The monoisotopic (exact) mass is 287 g/mol. The number of halogens is 1. The van der Waals surface area contributed by atoms with E-state index in [2.05, 4.69) is 9.88 Å². The van der Waals surface area contributed by atoms with E-state index in [4.69, 9.17) is 10.5 Å². The van der Waals surface area contributed by atoms with Gasteiger partial charge in [0.25, 0.3) is 0 Å². The fourth-order valence-electron chi connectivity index (χ4n) is 2.98. The first-order chi connectivity index (χ1) is 10.2. The molecule has 5 heteroatoms. The molecule has 2 N–H and O–H groups in total. The summed E-state index contributed by atoms with van der Waals surface area (Å²) in [6.07, 6.45) is 3.52. The lowest BCUT2D eigenvalue weighted by molar-refractivity contribution is 0.207. The highest BCUT2D eigenvalue weighted by atomic mass is 19.1. The van der Waals surface area contributed by atoms with Crippen molar-refractivity contribution in [3.05, 3.63) is 59.2 Å². The number of nitrogens with two attached hydrogens (primary N) is 1. The van der Waals surface area contributed by atoms with Crippen LogP contribution in [0, 0.1) is 5.82 Å². The van der Waals surface area contributed by atoms with Crippen molar-refractivity contribution in [2.75, 3.05) is 13.7 Å². The average molecular weight is 287 g/mol. The van der Waals surface area contributed by atoms with Crippen molar-refractivity contribution in [3.8, 4) is 5.75 Å². The van der Waals surface area contributed by atoms with Crippen LogP contribution in [0.2, 0.25) is 0 Å². The van der Waals surface area contributed by atoms with Gasteiger partial charge in [-0.05, 0) is 29.8 Å². The molecular weight excluding hydrogens is 269 g/mol. The molecule has 0 aliphatic carbocycles. The topological polar surface area (TPSA) is 51.4 Å². The van der Waals surface area contributed by atoms with E-state index in [-0.39, 0.29) is 11.9 Å². The number of hydrogen-bond acceptors (Lipinski definition) is 4.